The number of hydrogen-bond acceptors (Lipinski definition) is 3. The fraction of sp³-hybridized carbons (Fsp3) is 0.333. The molecule has 1 aliphatic rings. The number of nitrogens with zero attached hydrogens (tertiary/aromatic N) is 1. The third kappa shape index (κ3) is 3.94. The molecule has 1 aliphatic heterocycles. The number of rotatable bonds is 4. The number of nitrogens with one attached hydrogen (secondary N) is 1. The Morgan fingerprint density at radius 3 is 2.27 bits per heavy atom. The fourth-order valence-corrected chi connectivity index (χ4v) is 3.18. The molecule has 1 heterocycles. The van der Waals surface area contributed by atoms with Crippen LogP contribution < -0.4 is 5.32 Å². The SMILES string of the molecule is CCc1ccc(-c2ccc(C(=O)N[C@@H]3CN(O)C(=O)C[C@@H]3C)cc2)cc1. The molecule has 2 aromatic rings. The summed E-state index contributed by atoms with van der Waals surface area (Å²) in [6, 6.07) is 15.6. The molecule has 5 heteroatoms. The van der Waals surface area contributed by atoms with Gasteiger partial charge >= 0.3 is 0 Å². The lowest BCUT2D eigenvalue weighted by atomic mass is 9.93. The van der Waals surface area contributed by atoms with Crippen LogP contribution in [0, 0.1) is 5.92 Å². The topological polar surface area (TPSA) is 69.6 Å². The van der Waals surface area contributed by atoms with Crippen molar-refractivity contribution in [1.29, 1.82) is 0 Å². The highest BCUT2D eigenvalue weighted by atomic mass is 16.5. The monoisotopic (exact) mass is 352 g/mol. The van der Waals surface area contributed by atoms with Crippen molar-refractivity contribution < 1.29 is 14.8 Å². The van der Waals surface area contributed by atoms with E-state index >= 15 is 0 Å². The van der Waals surface area contributed by atoms with Crippen molar-refractivity contribution in [3.63, 3.8) is 0 Å². The van der Waals surface area contributed by atoms with Crippen LogP contribution in [0.15, 0.2) is 48.5 Å². The highest BCUT2D eigenvalue weighted by Crippen LogP contribution is 2.21. The Balaban J connectivity index is 1.67. The van der Waals surface area contributed by atoms with Crippen LogP contribution in [0.2, 0.25) is 0 Å². The summed E-state index contributed by atoms with van der Waals surface area (Å²) in [5, 5.41) is 13.2. The summed E-state index contributed by atoms with van der Waals surface area (Å²) in [5.41, 5.74) is 4.03. The van der Waals surface area contributed by atoms with Gasteiger partial charge in [0.15, 0.2) is 0 Å². The van der Waals surface area contributed by atoms with Crippen molar-refractivity contribution in [3.8, 4) is 11.1 Å². The van der Waals surface area contributed by atoms with Crippen LogP contribution >= 0.6 is 0 Å². The van der Waals surface area contributed by atoms with E-state index in [1.54, 1.807) is 12.1 Å². The van der Waals surface area contributed by atoms with Crippen LogP contribution in [0.1, 0.15) is 36.2 Å². The van der Waals surface area contributed by atoms with Gasteiger partial charge in [-0.1, -0.05) is 50.2 Å². The summed E-state index contributed by atoms with van der Waals surface area (Å²) in [6.45, 7) is 4.15. The van der Waals surface area contributed by atoms with Gasteiger partial charge in [0.25, 0.3) is 5.91 Å². The van der Waals surface area contributed by atoms with E-state index in [2.05, 4.69) is 36.5 Å². The van der Waals surface area contributed by atoms with Crippen LogP contribution in [0.4, 0.5) is 0 Å². The molecule has 0 bridgehead atoms. The molecule has 2 N–H and O–H groups in total. The molecule has 2 amide bonds. The molecule has 2 atom stereocenters. The Bertz CT molecular complexity index is 784. The fourth-order valence-electron chi connectivity index (χ4n) is 3.18. The first kappa shape index (κ1) is 18.1. The first-order chi connectivity index (χ1) is 12.5. The highest BCUT2D eigenvalue weighted by molar-refractivity contribution is 5.95. The van der Waals surface area contributed by atoms with Crippen LogP contribution in [0.5, 0.6) is 0 Å². The van der Waals surface area contributed by atoms with Crippen molar-refractivity contribution in [2.75, 3.05) is 6.54 Å². The summed E-state index contributed by atoms with van der Waals surface area (Å²) < 4.78 is 0. The summed E-state index contributed by atoms with van der Waals surface area (Å²) in [5.74, 6) is -0.509. The predicted octanol–water partition coefficient (Wildman–Crippen LogP) is 3.27. The molecular formula is C21H24N2O3. The molecule has 26 heavy (non-hydrogen) atoms. The predicted molar refractivity (Wildman–Crippen MR) is 99.8 cm³/mol. The van der Waals surface area contributed by atoms with Gasteiger partial charge in [0.1, 0.15) is 0 Å². The number of hydroxylamine groups is 2. The minimum atomic E-state index is -0.304. The number of piperidine rings is 1. The Morgan fingerprint density at radius 1 is 1.12 bits per heavy atom. The van der Waals surface area contributed by atoms with Gasteiger partial charge in [-0.3, -0.25) is 14.8 Å². The number of carbonyl (C=O) groups excluding carboxylic acids is 2. The van der Waals surface area contributed by atoms with Crippen molar-refractivity contribution in [2.24, 2.45) is 5.92 Å². The van der Waals surface area contributed by atoms with E-state index < -0.39 is 0 Å². The van der Waals surface area contributed by atoms with Crippen molar-refractivity contribution >= 4 is 11.8 Å². The minimum Gasteiger partial charge on any atom is -0.347 e. The second-order valence-corrected chi connectivity index (χ2v) is 6.87. The number of benzene rings is 2. The van der Waals surface area contributed by atoms with E-state index in [1.165, 1.54) is 5.56 Å². The average molecular weight is 352 g/mol. The molecule has 0 spiro atoms. The van der Waals surface area contributed by atoms with Gasteiger partial charge in [0.05, 0.1) is 12.6 Å². The van der Waals surface area contributed by atoms with Crippen LogP contribution in [0.3, 0.4) is 0 Å². The lowest BCUT2D eigenvalue weighted by Crippen LogP contribution is -2.52. The quantitative estimate of drug-likeness (QED) is 0.830. The minimum absolute atomic E-state index is 0.00814. The molecule has 0 saturated carbocycles. The third-order valence-electron chi connectivity index (χ3n) is 5.00. The first-order valence-electron chi connectivity index (χ1n) is 8.97. The van der Waals surface area contributed by atoms with Crippen molar-refractivity contribution in [1.82, 2.24) is 10.4 Å². The molecule has 136 valence electrons. The second kappa shape index (κ2) is 7.70. The first-order valence-corrected chi connectivity index (χ1v) is 8.97. The Labute approximate surface area is 153 Å². The Kier molecular flexibility index (Phi) is 5.38. The summed E-state index contributed by atoms with van der Waals surface area (Å²) in [7, 11) is 0. The molecule has 0 radical (unpaired) electrons. The van der Waals surface area contributed by atoms with E-state index in [0.717, 1.165) is 17.5 Å². The second-order valence-electron chi connectivity index (χ2n) is 6.87. The van der Waals surface area contributed by atoms with Gasteiger partial charge in [-0.15, -0.1) is 0 Å². The maximum absolute atomic E-state index is 12.5. The summed E-state index contributed by atoms with van der Waals surface area (Å²) >= 11 is 0. The number of carbonyl (C=O) groups is 2. The zero-order valence-corrected chi connectivity index (χ0v) is 15.1. The molecule has 1 saturated heterocycles. The van der Waals surface area contributed by atoms with Gasteiger partial charge in [-0.25, -0.2) is 5.06 Å². The number of aryl methyl sites for hydroxylation is 1. The highest BCUT2D eigenvalue weighted by Gasteiger charge is 2.31. The standard InChI is InChI=1S/C21H24N2O3/c1-3-15-4-6-16(7-5-15)17-8-10-18(11-9-17)21(25)22-19-13-23(26)20(24)12-14(19)2/h4-11,14,19,26H,3,12-13H2,1-2H3,(H,22,25)/t14-,19+/m0/s1. The molecule has 0 aliphatic carbocycles. The van der Waals surface area contributed by atoms with Crippen LogP contribution in [0.25, 0.3) is 11.1 Å². The zero-order valence-electron chi connectivity index (χ0n) is 15.1. The maximum Gasteiger partial charge on any atom is 0.251 e. The lowest BCUT2D eigenvalue weighted by molar-refractivity contribution is -0.174. The molecule has 5 nitrogen and oxygen atoms in total. The zero-order chi connectivity index (χ0) is 18.7. The molecule has 3 rings (SSSR count). The third-order valence-corrected chi connectivity index (χ3v) is 5.00. The molecule has 0 aromatic heterocycles. The van der Waals surface area contributed by atoms with E-state index in [-0.39, 0.29) is 36.7 Å². The van der Waals surface area contributed by atoms with Crippen molar-refractivity contribution in [2.45, 2.75) is 32.7 Å². The average Bonchev–Trinajstić information content (AvgIpc) is 2.66. The van der Waals surface area contributed by atoms with E-state index in [4.69, 9.17) is 0 Å². The van der Waals surface area contributed by atoms with E-state index in [1.807, 2.05) is 19.1 Å². The molecule has 0 unspecified atom stereocenters. The van der Waals surface area contributed by atoms with Crippen molar-refractivity contribution in [3.05, 3.63) is 59.7 Å². The number of amides is 2. The normalized spacial score (nSPS) is 20.1. The molecule has 1 fully saturated rings. The van der Waals surface area contributed by atoms with Gasteiger partial charge in [-0.05, 0) is 41.2 Å². The van der Waals surface area contributed by atoms with Gasteiger partial charge in [-0.2, -0.15) is 0 Å². The lowest BCUT2D eigenvalue weighted by Gasteiger charge is -2.33. The Hall–Kier alpha value is -2.66. The number of hydrogen-bond donors (Lipinski definition) is 2. The largest absolute Gasteiger partial charge is 0.347 e. The molecular weight excluding hydrogens is 328 g/mol. The smallest absolute Gasteiger partial charge is 0.251 e. The van der Waals surface area contributed by atoms with Gasteiger partial charge in [0, 0.05) is 12.0 Å². The van der Waals surface area contributed by atoms with E-state index in [9.17, 15) is 14.8 Å². The van der Waals surface area contributed by atoms with Crippen LogP contribution in [-0.2, 0) is 11.2 Å². The summed E-state index contributed by atoms with van der Waals surface area (Å²) in [4.78, 5) is 24.0. The van der Waals surface area contributed by atoms with E-state index in [0.29, 0.717) is 10.6 Å². The van der Waals surface area contributed by atoms with Gasteiger partial charge < -0.3 is 5.32 Å². The summed E-state index contributed by atoms with van der Waals surface area (Å²) in [6.07, 6.45) is 1.24. The van der Waals surface area contributed by atoms with Gasteiger partial charge in [0.2, 0.25) is 5.91 Å². The maximum atomic E-state index is 12.5. The Morgan fingerprint density at radius 2 is 1.69 bits per heavy atom. The van der Waals surface area contributed by atoms with Crippen LogP contribution in [-0.4, -0.2) is 34.7 Å². The molecule has 2 aromatic carbocycles.